The predicted molar refractivity (Wildman–Crippen MR) is 129 cm³/mol. The van der Waals surface area contributed by atoms with Crippen LogP contribution in [0.5, 0.6) is 0 Å². The zero-order valence-electron chi connectivity index (χ0n) is 17.6. The van der Waals surface area contributed by atoms with Crippen LogP contribution in [0.2, 0.25) is 0 Å². The van der Waals surface area contributed by atoms with Gasteiger partial charge in [0.1, 0.15) is 0 Å². The molecule has 0 saturated carbocycles. The number of sulfonamides is 1. The van der Waals surface area contributed by atoms with Gasteiger partial charge >= 0.3 is 0 Å². The summed E-state index contributed by atoms with van der Waals surface area (Å²) in [7, 11) is -3.56. The van der Waals surface area contributed by atoms with E-state index in [0.29, 0.717) is 17.2 Å². The first-order valence-corrected chi connectivity index (χ1v) is 12.9. The van der Waals surface area contributed by atoms with E-state index in [1.54, 1.807) is 16.4 Å². The lowest BCUT2D eigenvalue weighted by Crippen LogP contribution is -2.41. The van der Waals surface area contributed by atoms with Crippen LogP contribution in [-0.4, -0.2) is 36.2 Å². The van der Waals surface area contributed by atoms with E-state index >= 15 is 0 Å². The number of nitrogens with one attached hydrogen (secondary N) is 1. The predicted octanol–water partition coefficient (Wildman–Crippen LogP) is 5.26. The average Bonchev–Trinajstić information content (AvgIpc) is 3.22. The van der Waals surface area contributed by atoms with Crippen molar-refractivity contribution >= 4 is 53.4 Å². The molecule has 1 aliphatic rings. The molecule has 0 aliphatic carbocycles. The molecule has 32 heavy (non-hydrogen) atoms. The first-order valence-electron chi connectivity index (χ1n) is 10.6. The van der Waals surface area contributed by atoms with Crippen LogP contribution in [0, 0.1) is 0 Å². The van der Waals surface area contributed by atoms with E-state index in [2.05, 4.69) is 10.3 Å². The van der Waals surface area contributed by atoms with E-state index < -0.39 is 10.0 Å². The third-order valence-electron chi connectivity index (χ3n) is 5.97. The number of anilines is 1. The number of rotatable bonds is 4. The first-order chi connectivity index (χ1) is 15.4. The highest BCUT2D eigenvalue weighted by molar-refractivity contribution is 7.89. The molecule has 8 heteroatoms. The molecule has 5 rings (SSSR count). The molecule has 1 N–H and O–H groups in total. The molecule has 164 valence electrons. The fourth-order valence-electron chi connectivity index (χ4n) is 4.22. The molecule has 4 aromatic rings. The maximum atomic E-state index is 13.0. The Morgan fingerprint density at radius 2 is 1.84 bits per heavy atom. The molecule has 0 radical (unpaired) electrons. The highest BCUT2D eigenvalue weighted by Gasteiger charge is 2.30. The van der Waals surface area contributed by atoms with Gasteiger partial charge in [-0.05, 0) is 55.5 Å². The molecule has 1 aliphatic heterocycles. The lowest BCUT2D eigenvalue weighted by atomic mass is 10.1. The molecule has 3 aromatic carbocycles. The third-order valence-corrected chi connectivity index (χ3v) is 9.01. The topological polar surface area (TPSA) is 79.4 Å². The summed E-state index contributed by atoms with van der Waals surface area (Å²) in [6, 6.07) is 18.2. The van der Waals surface area contributed by atoms with Crippen LogP contribution < -0.4 is 5.32 Å². The fourth-order valence-corrected chi connectivity index (χ4v) is 6.92. The van der Waals surface area contributed by atoms with Crippen molar-refractivity contribution in [3.05, 3.63) is 66.2 Å². The minimum Gasteiger partial charge on any atom is -0.298 e. The Morgan fingerprint density at radius 3 is 2.62 bits per heavy atom. The smallest absolute Gasteiger partial charge is 0.257 e. The molecule has 1 aromatic heterocycles. The van der Waals surface area contributed by atoms with E-state index in [-0.39, 0.29) is 16.8 Å². The Labute approximate surface area is 190 Å². The summed E-state index contributed by atoms with van der Waals surface area (Å²) in [5, 5.41) is 5.59. The molecular weight excluding hydrogens is 442 g/mol. The standard InChI is InChI=1S/C24H23N3O3S2/c1-16-6-4-5-15-27(16)32(29,30)19-12-9-18(10-13-19)23(28)26-24-25-21-14-11-17-7-2-3-8-20(17)22(21)31-24/h2-3,7-14,16H,4-6,15H2,1H3,(H,25,26,28)/t16-/m0/s1. The van der Waals surface area contributed by atoms with Gasteiger partial charge in [0.25, 0.3) is 5.91 Å². The van der Waals surface area contributed by atoms with Crippen LogP contribution in [0.1, 0.15) is 36.5 Å². The van der Waals surface area contributed by atoms with Crippen molar-refractivity contribution in [1.82, 2.24) is 9.29 Å². The number of nitrogens with zero attached hydrogens (tertiary/aromatic N) is 2. The number of thiazole rings is 1. The number of hydrogen-bond donors (Lipinski definition) is 1. The molecule has 6 nitrogen and oxygen atoms in total. The van der Waals surface area contributed by atoms with Gasteiger partial charge in [-0.25, -0.2) is 13.4 Å². The molecular formula is C24H23N3O3S2. The van der Waals surface area contributed by atoms with E-state index in [4.69, 9.17) is 0 Å². The summed E-state index contributed by atoms with van der Waals surface area (Å²) in [6.45, 7) is 2.48. The molecule has 1 atom stereocenters. The summed E-state index contributed by atoms with van der Waals surface area (Å²) in [4.78, 5) is 17.5. The van der Waals surface area contributed by atoms with Gasteiger partial charge in [0.15, 0.2) is 5.13 Å². The van der Waals surface area contributed by atoms with Crippen LogP contribution in [0.4, 0.5) is 5.13 Å². The van der Waals surface area contributed by atoms with E-state index in [9.17, 15) is 13.2 Å². The second kappa shape index (κ2) is 8.27. The van der Waals surface area contributed by atoms with E-state index in [1.807, 2.05) is 43.3 Å². The molecule has 0 bridgehead atoms. The van der Waals surface area contributed by atoms with Crippen LogP contribution in [0.15, 0.2) is 65.6 Å². The van der Waals surface area contributed by atoms with Gasteiger partial charge in [0.2, 0.25) is 10.0 Å². The van der Waals surface area contributed by atoms with E-state index in [0.717, 1.165) is 40.3 Å². The van der Waals surface area contributed by atoms with Crippen molar-refractivity contribution < 1.29 is 13.2 Å². The van der Waals surface area contributed by atoms with Gasteiger partial charge in [-0.3, -0.25) is 10.1 Å². The first kappa shape index (κ1) is 21.1. The van der Waals surface area contributed by atoms with Crippen LogP contribution in [0.25, 0.3) is 21.0 Å². The Bertz CT molecular complexity index is 1410. The van der Waals surface area contributed by atoms with Gasteiger partial charge in [-0.2, -0.15) is 4.31 Å². The normalized spacial score (nSPS) is 17.6. The van der Waals surface area contributed by atoms with Crippen LogP contribution in [-0.2, 0) is 10.0 Å². The van der Waals surface area contributed by atoms with Crippen molar-refractivity contribution in [3.63, 3.8) is 0 Å². The SMILES string of the molecule is C[C@H]1CCCCN1S(=O)(=O)c1ccc(C(=O)Nc2nc3ccc4ccccc4c3s2)cc1. The third kappa shape index (κ3) is 3.79. The summed E-state index contributed by atoms with van der Waals surface area (Å²) in [6.07, 6.45) is 2.80. The molecule has 1 amide bonds. The van der Waals surface area contributed by atoms with Crippen molar-refractivity contribution in [2.75, 3.05) is 11.9 Å². The van der Waals surface area contributed by atoms with Gasteiger partial charge in [-0.15, -0.1) is 0 Å². The van der Waals surface area contributed by atoms with Gasteiger partial charge in [0.05, 0.1) is 15.1 Å². The molecule has 0 unspecified atom stereocenters. The monoisotopic (exact) mass is 465 g/mol. The lowest BCUT2D eigenvalue weighted by molar-refractivity contribution is 0.102. The van der Waals surface area contributed by atoms with Crippen molar-refractivity contribution in [2.24, 2.45) is 0 Å². The molecule has 2 heterocycles. The van der Waals surface area contributed by atoms with Gasteiger partial charge in [-0.1, -0.05) is 48.1 Å². The second-order valence-electron chi connectivity index (χ2n) is 8.09. The Kier molecular flexibility index (Phi) is 5.44. The molecule has 0 spiro atoms. The number of carbonyl (C=O) groups is 1. The second-order valence-corrected chi connectivity index (χ2v) is 11.0. The minimum absolute atomic E-state index is 0.00755. The average molecular weight is 466 g/mol. The lowest BCUT2D eigenvalue weighted by Gasteiger charge is -2.32. The quantitative estimate of drug-likeness (QED) is 0.446. The molecule has 1 fully saturated rings. The summed E-state index contributed by atoms with van der Waals surface area (Å²) in [5.74, 6) is -0.316. The Balaban J connectivity index is 1.37. The van der Waals surface area contributed by atoms with Crippen LogP contribution in [0.3, 0.4) is 0 Å². The zero-order valence-corrected chi connectivity index (χ0v) is 19.2. The largest absolute Gasteiger partial charge is 0.298 e. The van der Waals surface area contributed by atoms with E-state index in [1.165, 1.54) is 23.5 Å². The summed E-state index contributed by atoms with van der Waals surface area (Å²) < 4.78 is 28.6. The molecule has 1 saturated heterocycles. The fraction of sp³-hybridized carbons (Fsp3) is 0.250. The number of hydrogen-bond acceptors (Lipinski definition) is 5. The zero-order chi connectivity index (χ0) is 22.3. The number of amides is 1. The van der Waals surface area contributed by atoms with Crippen LogP contribution >= 0.6 is 11.3 Å². The minimum atomic E-state index is -3.56. The highest BCUT2D eigenvalue weighted by atomic mass is 32.2. The maximum absolute atomic E-state index is 13.0. The Morgan fingerprint density at radius 1 is 1.06 bits per heavy atom. The van der Waals surface area contributed by atoms with Crippen molar-refractivity contribution in [2.45, 2.75) is 37.1 Å². The number of piperidine rings is 1. The van der Waals surface area contributed by atoms with Gasteiger partial charge in [0, 0.05) is 23.5 Å². The summed E-state index contributed by atoms with van der Waals surface area (Å²) >= 11 is 1.43. The number of benzene rings is 3. The van der Waals surface area contributed by atoms with Crippen molar-refractivity contribution in [1.29, 1.82) is 0 Å². The Hall–Kier alpha value is -2.81. The maximum Gasteiger partial charge on any atom is 0.257 e. The number of fused-ring (bicyclic) bond motifs is 3. The number of aromatic nitrogens is 1. The number of carbonyl (C=O) groups excluding carboxylic acids is 1. The highest BCUT2D eigenvalue weighted by Crippen LogP contribution is 2.33. The summed E-state index contributed by atoms with van der Waals surface area (Å²) in [5.41, 5.74) is 1.22. The van der Waals surface area contributed by atoms with Crippen molar-refractivity contribution in [3.8, 4) is 0 Å². The van der Waals surface area contributed by atoms with Gasteiger partial charge < -0.3 is 0 Å².